The van der Waals surface area contributed by atoms with Gasteiger partial charge in [0.1, 0.15) is 0 Å². The summed E-state index contributed by atoms with van der Waals surface area (Å²) in [5, 5.41) is 13.5. The normalized spacial score (nSPS) is 15.6. The Kier molecular flexibility index (Phi) is 7.14. The topological polar surface area (TPSA) is 122 Å². The second-order valence-electron chi connectivity index (χ2n) is 7.16. The molecule has 1 aliphatic rings. The standard InChI is InChI=1S/C20H24N4O5S/c25-20(21-17-5-4-6-18(15-17)24(26)27)11-14-23-12-9-16(10-13-23)22-30(28,29)19-7-2-1-3-8-19/h1-8,15-16,22H,9-14H2,(H,21,25). The lowest BCUT2D eigenvalue weighted by Gasteiger charge is -2.32. The van der Waals surface area contributed by atoms with Gasteiger partial charge in [-0.05, 0) is 44.1 Å². The van der Waals surface area contributed by atoms with Gasteiger partial charge in [0, 0.05) is 36.8 Å². The van der Waals surface area contributed by atoms with Gasteiger partial charge in [-0.2, -0.15) is 0 Å². The van der Waals surface area contributed by atoms with Crippen molar-refractivity contribution < 1.29 is 18.1 Å². The molecule has 0 bridgehead atoms. The van der Waals surface area contributed by atoms with Crippen LogP contribution >= 0.6 is 0 Å². The fraction of sp³-hybridized carbons (Fsp3) is 0.350. The number of hydrogen-bond acceptors (Lipinski definition) is 6. The number of piperidine rings is 1. The number of nitrogens with zero attached hydrogens (tertiary/aromatic N) is 2. The Morgan fingerprint density at radius 1 is 1.10 bits per heavy atom. The van der Waals surface area contributed by atoms with Gasteiger partial charge in [-0.25, -0.2) is 13.1 Å². The van der Waals surface area contributed by atoms with Crippen LogP contribution in [0.5, 0.6) is 0 Å². The number of nitro groups is 1. The number of rotatable bonds is 8. The summed E-state index contributed by atoms with van der Waals surface area (Å²) in [5.41, 5.74) is 0.316. The number of likely N-dealkylation sites (tertiary alicyclic amines) is 1. The first-order valence-corrected chi connectivity index (χ1v) is 11.2. The minimum absolute atomic E-state index is 0.0761. The molecular formula is C20H24N4O5S. The van der Waals surface area contributed by atoms with Crippen LogP contribution in [0.1, 0.15) is 19.3 Å². The van der Waals surface area contributed by atoms with Gasteiger partial charge in [0.2, 0.25) is 15.9 Å². The highest BCUT2D eigenvalue weighted by Crippen LogP contribution is 2.18. The van der Waals surface area contributed by atoms with E-state index in [0.717, 1.165) is 0 Å². The van der Waals surface area contributed by atoms with Crippen molar-refractivity contribution in [3.63, 3.8) is 0 Å². The molecule has 0 saturated carbocycles. The van der Waals surface area contributed by atoms with E-state index in [-0.39, 0.29) is 29.0 Å². The minimum Gasteiger partial charge on any atom is -0.326 e. The molecule has 0 aromatic heterocycles. The molecule has 1 aliphatic heterocycles. The van der Waals surface area contributed by atoms with Gasteiger partial charge in [-0.3, -0.25) is 14.9 Å². The molecule has 0 radical (unpaired) electrons. The van der Waals surface area contributed by atoms with E-state index in [0.29, 0.717) is 38.2 Å². The smallest absolute Gasteiger partial charge is 0.271 e. The van der Waals surface area contributed by atoms with E-state index in [2.05, 4.69) is 14.9 Å². The van der Waals surface area contributed by atoms with Crippen LogP contribution in [-0.4, -0.2) is 49.8 Å². The number of anilines is 1. The molecule has 10 heteroatoms. The third-order valence-corrected chi connectivity index (χ3v) is 6.50. The molecule has 2 N–H and O–H groups in total. The largest absolute Gasteiger partial charge is 0.326 e. The number of sulfonamides is 1. The van der Waals surface area contributed by atoms with Crippen LogP contribution in [0.2, 0.25) is 0 Å². The Morgan fingerprint density at radius 2 is 1.80 bits per heavy atom. The first kappa shape index (κ1) is 21.9. The monoisotopic (exact) mass is 432 g/mol. The highest BCUT2D eigenvalue weighted by Gasteiger charge is 2.24. The van der Waals surface area contributed by atoms with Crippen molar-refractivity contribution in [1.29, 1.82) is 0 Å². The average molecular weight is 433 g/mol. The fourth-order valence-electron chi connectivity index (χ4n) is 3.34. The van der Waals surface area contributed by atoms with Crippen LogP contribution in [-0.2, 0) is 14.8 Å². The van der Waals surface area contributed by atoms with Gasteiger partial charge < -0.3 is 10.2 Å². The zero-order valence-corrected chi connectivity index (χ0v) is 17.2. The number of carbonyl (C=O) groups excluding carboxylic acids is 1. The van der Waals surface area contributed by atoms with E-state index < -0.39 is 14.9 Å². The lowest BCUT2D eigenvalue weighted by molar-refractivity contribution is -0.384. The second-order valence-corrected chi connectivity index (χ2v) is 8.87. The Bertz CT molecular complexity index is 989. The van der Waals surface area contributed by atoms with Crippen molar-refractivity contribution in [1.82, 2.24) is 9.62 Å². The van der Waals surface area contributed by atoms with Gasteiger partial charge in [-0.15, -0.1) is 0 Å². The molecule has 30 heavy (non-hydrogen) atoms. The summed E-state index contributed by atoms with van der Waals surface area (Å²) in [6.45, 7) is 1.91. The van der Waals surface area contributed by atoms with Crippen LogP contribution in [0.4, 0.5) is 11.4 Å². The first-order valence-electron chi connectivity index (χ1n) is 9.67. The summed E-state index contributed by atoms with van der Waals surface area (Å²) in [6, 6.07) is 14.0. The van der Waals surface area contributed by atoms with Crippen molar-refractivity contribution in [3.05, 3.63) is 64.7 Å². The SMILES string of the molecule is O=C(CCN1CCC(NS(=O)(=O)c2ccccc2)CC1)Nc1cccc([N+](=O)[O-])c1. The molecule has 1 heterocycles. The van der Waals surface area contributed by atoms with Crippen molar-refractivity contribution >= 4 is 27.3 Å². The molecule has 0 unspecified atom stereocenters. The van der Waals surface area contributed by atoms with E-state index in [1.165, 1.54) is 18.2 Å². The maximum absolute atomic E-state index is 12.4. The van der Waals surface area contributed by atoms with Crippen LogP contribution < -0.4 is 10.0 Å². The number of nitrogens with one attached hydrogen (secondary N) is 2. The predicted octanol–water partition coefficient (Wildman–Crippen LogP) is 2.37. The number of hydrogen-bond donors (Lipinski definition) is 2. The Hall–Kier alpha value is -2.82. The lowest BCUT2D eigenvalue weighted by Crippen LogP contribution is -2.45. The zero-order chi connectivity index (χ0) is 21.6. The molecule has 0 aliphatic carbocycles. The number of benzene rings is 2. The van der Waals surface area contributed by atoms with Crippen LogP contribution in [0.3, 0.4) is 0 Å². The Balaban J connectivity index is 1.42. The summed E-state index contributed by atoms with van der Waals surface area (Å²) >= 11 is 0. The Labute approximate surface area is 175 Å². The van der Waals surface area contributed by atoms with Crippen molar-refractivity contribution in [2.45, 2.75) is 30.2 Å². The molecule has 1 amide bonds. The third-order valence-electron chi connectivity index (χ3n) is 4.96. The molecule has 2 aromatic carbocycles. The molecule has 1 fully saturated rings. The van der Waals surface area contributed by atoms with E-state index >= 15 is 0 Å². The minimum atomic E-state index is -3.53. The molecule has 0 spiro atoms. The predicted molar refractivity (Wildman–Crippen MR) is 113 cm³/mol. The molecule has 9 nitrogen and oxygen atoms in total. The van der Waals surface area contributed by atoms with Gasteiger partial charge in [0.05, 0.1) is 9.82 Å². The maximum atomic E-state index is 12.4. The quantitative estimate of drug-likeness (QED) is 0.488. The van der Waals surface area contributed by atoms with Crippen LogP contribution in [0.25, 0.3) is 0 Å². The average Bonchev–Trinajstić information content (AvgIpc) is 2.74. The first-order chi connectivity index (χ1) is 14.3. The van der Waals surface area contributed by atoms with Crippen LogP contribution in [0, 0.1) is 10.1 Å². The lowest BCUT2D eigenvalue weighted by atomic mass is 10.1. The number of carbonyl (C=O) groups is 1. The molecule has 160 valence electrons. The zero-order valence-electron chi connectivity index (χ0n) is 16.4. The molecule has 2 aromatic rings. The molecule has 1 saturated heterocycles. The molecular weight excluding hydrogens is 408 g/mol. The van der Waals surface area contributed by atoms with Gasteiger partial charge in [-0.1, -0.05) is 24.3 Å². The third kappa shape index (κ3) is 6.09. The molecule has 3 rings (SSSR count). The van der Waals surface area contributed by atoms with Crippen molar-refractivity contribution in [2.75, 3.05) is 25.0 Å². The summed E-state index contributed by atoms with van der Waals surface area (Å²) in [7, 11) is -3.53. The summed E-state index contributed by atoms with van der Waals surface area (Å²) in [4.78, 5) is 24.8. The highest BCUT2D eigenvalue weighted by atomic mass is 32.2. The summed E-state index contributed by atoms with van der Waals surface area (Å²) in [6.07, 6.45) is 1.58. The fourth-order valence-corrected chi connectivity index (χ4v) is 4.67. The second kappa shape index (κ2) is 9.79. The van der Waals surface area contributed by atoms with E-state index in [4.69, 9.17) is 0 Å². The van der Waals surface area contributed by atoms with E-state index in [1.54, 1.807) is 36.4 Å². The number of nitro benzene ring substituents is 1. The van der Waals surface area contributed by atoms with Gasteiger partial charge in [0.25, 0.3) is 5.69 Å². The maximum Gasteiger partial charge on any atom is 0.271 e. The molecule has 0 atom stereocenters. The summed E-state index contributed by atoms with van der Waals surface area (Å²) in [5.74, 6) is -0.220. The van der Waals surface area contributed by atoms with E-state index in [9.17, 15) is 23.3 Å². The number of non-ortho nitro benzene ring substituents is 1. The van der Waals surface area contributed by atoms with E-state index in [1.807, 2.05) is 0 Å². The highest BCUT2D eigenvalue weighted by molar-refractivity contribution is 7.89. The summed E-state index contributed by atoms with van der Waals surface area (Å²) < 4.78 is 27.6. The Morgan fingerprint density at radius 3 is 2.47 bits per heavy atom. The van der Waals surface area contributed by atoms with Crippen molar-refractivity contribution in [2.24, 2.45) is 0 Å². The number of amides is 1. The van der Waals surface area contributed by atoms with Gasteiger partial charge in [0.15, 0.2) is 0 Å². The van der Waals surface area contributed by atoms with Gasteiger partial charge >= 0.3 is 0 Å². The van der Waals surface area contributed by atoms with Crippen molar-refractivity contribution in [3.8, 4) is 0 Å². The van der Waals surface area contributed by atoms with Crippen LogP contribution in [0.15, 0.2) is 59.5 Å².